The zero-order valence-corrected chi connectivity index (χ0v) is 12.7. The van der Waals surface area contributed by atoms with E-state index in [9.17, 15) is 4.79 Å². The largest absolute Gasteiger partial charge is 0.497 e. The Kier molecular flexibility index (Phi) is 5.60. The molecule has 0 radical (unpaired) electrons. The van der Waals surface area contributed by atoms with Gasteiger partial charge in [0.15, 0.2) is 0 Å². The molecular formula is C18H19NO3. The standard InChI is InChI=1S/C18H19NO3/c1-3-17(15-9-11-16(21-2)12-10-15)19-18(20)22-13-14-7-5-4-6-8-14/h3-12H,13H2,1-2H3,(H,19,20)/b17-3+. The minimum atomic E-state index is -0.479. The average molecular weight is 297 g/mol. The third-order valence-electron chi connectivity index (χ3n) is 3.14. The maximum atomic E-state index is 11.9. The van der Waals surface area contributed by atoms with E-state index in [2.05, 4.69) is 5.32 Å². The van der Waals surface area contributed by atoms with Crippen LogP contribution in [0.2, 0.25) is 0 Å². The third kappa shape index (κ3) is 4.38. The number of ether oxygens (including phenoxy) is 2. The minimum absolute atomic E-state index is 0.242. The molecule has 0 heterocycles. The van der Waals surface area contributed by atoms with Crippen molar-refractivity contribution in [1.82, 2.24) is 5.32 Å². The van der Waals surface area contributed by atoms with Crippen molar-refractivity contribution in [3.05, 3.63) is 71.8 Å². The normalized spacial score (nSPS) is 10.9. The molecule has 0 aliphatic rings. The minimum Gasteiger partial charge on any atom is -0.497 e. The van der Waals surface area contributed by atoms with E-state index in [4.69, 9.17) is 9.47 Å². The van der Waals surface area contributed by atoms with Crippen molar-refractivity contribution in [2.24, 2.45) is 0 Å². The van der Waals surface area contributed by atoms with Gasteiger partial charge in [-0.1, -0.05) is 36.4 Å². The average Bonchev–Trinajstić information content (AvgIpc) is 2.59. The Morgan fingerprint density at radius 1 is 1.09 bits per heavy atom. The Morgan fingerprint density at radius 2 is 1.77 bits per heavy atom. The molecule has 2 rings (SSSR count). The number of hydrogen-bond donors (Lipinski definition) is 1. The van der Waals surface area contributed by atoms with Crippen molar-refractivity contribution in [2.75, 3.05) is 7.11 Å². The second-order valence-electron chi connectivity index (χ2n) is 4.62. The van der Waals surface area contributed by atoms with E-state index in [-0.39, 0.29) is 6.61 Å². The fraction of sp³-hybridized carbons (Fsp3) is 0.167. The molecule has 0 aliphatic carbocycles. The van der Waals surface area contributed by atoms with Gasteiger partial charge >= 0.3 is 6.09 Å². The Balaban J connectivity index is 1.93. The van der Waals surface area contributed by atoms with Gasteiger partial charge in [-0.25, -0.2) is 4.79 Å². The van der Waals surface area contributed by atoms with Crippen molar-refractivity contribution in [1.29, 1.82) is 0 Å². The number of benzene rings is 2. The van der Waals surface area contributed by atoms with Gasteiger partial charge in [0.2, 0.25) is 0 Å². The van der Waals surface area contributed by atoms with Gasteiger partial charge in [-0.2, -0.15) is 0 Å². The first-order chi connectivity index (χ1) is 10.7. The zero-order chi connectivity index (χ0) is 15.8. The molecule has 0 saturated heterocycles. The number of rotatable bonds is 5. The van der Waals surface area contributed by atoms with E-state index >= 15 is 0 Å². The first-order valence-corrected chi connectivity index (χ1v) is 7.01. The molecule has 0 atom stereocenters. The summed E-state index contributed by atoms with van der Waals surface area (Å²) in [5, 5.41) is 2.75. The smallest absolute Gasteiger partial charge is 0.411 e. The Labute approximate surface area is 130 Å². The maximum Gasteiger partial charge on any atom is 0.411 e. The lowest BCUT2D eigenvalue weighted by atomic mass is 10.1. The predicted octanol–water partition coefficient (Wildman–Crippen LogP) is 3.98. The van der Waals surface area contributed by atoms with E-state index in [1.165, 1.54) is 0 Å². The van der Waals surface area contributed by atoms with E-state index in [0.717, 1.165) is 16.9 Å². The molecule has 0 aromatic heterocycles. The van der Waals surface area contributed by atoms with Gasteiger partial charge in [-0.3, -0.25) is 5.32 Å². The van der Waals surface area contributed by atoms with Crippen LogP contribution >= 0.6 is 0 Å². The molecule has 1 N–H and O–H groups in total. The lowest BCUT2D eigenvalue weighted by Gasteiger charge is -2.11. The molecule has 0 unspecified atom stereocenters. The number of methoxy groups -OCH3 is 1. The highest BCUT2D eigenvalue weighted by Crippen LogP contribution is 2.17. The highest BCUT2D eigenvalue weighted by Gasteiger charge is 2.07. The van der Waals surface area contributed by atoms with E-state index in [1.807, 2.05) is 67.6 Å². The summed E-state index contributed by atoms with van der Waals surface area (Å²) >= 11 is 0. The first-order valence-electron chi connectivity index (χ1n) is 7.01. The van der Waals surface area contributed by atoms with Gasteiger partial charge in [-0.15, -0.1) is 0 Å². The highest BCUT2D eigenvalue weighted by molar-refractivity contribution is 5.81. The zero-order valence-electron chi connectivity index (χ0n) is 12.7. The highest BCUT2D eigenvalue weighted by atomic mass is 16.5. The van der Waals surface area contributed by atoms with Gasteiger partial charge in [0.05, 0.1) is 7.11 Å². The van der Waals surface area contributed by atoms with Crippen molar-refractivity contribution >= 4 is 11.8 Å². The molecule has 4 nitrogen and oxygen atoms in total. The van der Waals surface area contributed by atoms with Crippen LogP contribution in [0.3, 0.4) is 0 Å². The monoisotopic (exact) mass is 297 g/mol. The topological polar surface area (TPSA) is 47.6 Å². The summed E-state index contributed by atoms with van der Waals surface area (Å²) in [7, 11) is 1.62. The lowest BCUT2D eigenvalue weighted by Crippen LogP contribution is -2.22. The van der Waals surface area contributed by atoms with E-state index in [1.54, 1.807) is 7.11 Å². The Bertz CT molecular complexity index is 633. The van der Waals surface area contributed by atoms with Gasteiger partial charge < -0.3 is 9.47 Å². The first kappa shape index (κ1) is 15.6. The molecular weight excluding hydrogens is 278 g/mol. The van der Waals surface area contributed by atoms with E-state index < -0.39 is 6.09 Å². The summed E-state index contributed by atoms with van der Waals surface area (Å²) in [5.41, 5.74) is 2.53. The van der Waals surface area contributed by atoms with Crippen LogP contribution in [-0.2, 0) is 11.3 Å². The molecule has 0 bridgehead atoms. The number of amides is 1. The molecule has 22 heavy (non-hydrogen) atoms. The number of carbonyl (C=O) groups excluding carboxylic acids is 1. The van der Waals surface area contributed by atoms with Crippen molar-refractivity contribution in [3.63, 3.8) is 0 Å². The summed E-state index contributed by atoms with van der Waals surface area (Å²) in [6, 6.07) is 17.0. The summed E-state index contributed by atoms with van der Waals surface area (Å²) in [4.78, 5) is 11.9. The van der Waals surface area contributed by atoms with Crippen LogP contribution in [0.25, 0.3) is 5.70 Å². The van der Waals surface area contributed by atoms with Crippen molar-refractivity contribution < 1.29 is 14.3 Å². The Hall–Kier alpha value is -2.75. The maximum absolute atomic E-state index is 11.9. The molecule has 0 aliphatic heterocycles. The molecule has 0 saturated carbocycles. The molecule has 2 aromatic rings. The van der Waals surface area contributed by atoms with Crippen LogP contribution in [0.1, 0.15) is 18.1 Å². The molecule has 0 fully saturated rings. The number of allylic oxidation sites excluding steroid dienone is 1. The molecule has 1 amide bonds. The van der Waals surface area contributed by atoms with Gasteiger partial charge in [0, 0.05) is 5.70 Å². The lowest BCUT2D eigenvalue weighted by molar-refractivity contribution is 0.144. The second-order valence-corrected chi connectivity index (χ2v) is 4.62. The van der Waals surface area contributed by atoms with Crippen LogP contribution in [0, 0.1) is 0 Å². The number of hydrogen-bond acceptors (Lipinski definition) is 3. The van der Waals surface area contributed by atoms with Gasteiger partial charge in [0.25, 0.3) is 0 Å². The number of nitrogens with one attached hydrogen (secondary N) is 1. The second kappa shape index (κ2) is 7.88. The van der Waals surface area contributed by atoms with Crippen molar-refractivity contribution in [2.45, 2.75) is 13.5 Å². The quantitative estimate of drug-likeness (QED) is 0.908. The number of carbonyl (C=O) groups is 1. The van der Waals surface area contributed by atoms with Crippen LogP contribution in [0.4, 0.5) is 4.79 Å². The third-order valence-corrected chi connectivity index (χ3v) is 3.14. The molecule has 0 spiro atoms. The van der Waals surface area contributed by atoms with Crippen LogP contribution < -0.4 is 10.1 Å². The molecule has 2 aromatic carbocycles. The fourth-order valence-electron chi connectivity index (χ4n) is 1.95. The van der Waals surface area contributed by atoms with Gasteiger partial charge in [-0.05, 0) is 42.3 Å². The van der Waals surface area contributed by atoms with Crippen molar-refractivity contribution in [3.8, 4) is 5.75 Å². The molecule has 4 heteroatoms. The fourth-order valence-corrected chi connectivity index (χ4v) is 1.95. The summed E-state index contributed by atoms with van der Waals surface area (Å²) in [6.07, 6.45) is 1.35. The summed E-state index contributed by atoms with van der Waals surface area (Å²) in [5.74, 6) is 0.769. The Morgan fingerprint density at radius 3 is 2.36 bits per heavy atom. The summed E-state index contributed by atoms with van der Waals surface area (Å²) in [6.45, 7) is 2.10. The number of alkyl carbamates (subject to hydrolysis) is 1. The SMILES string of the molecule is C/C=C(/NC(=O)OCc1ccccc1)c1ccc(OC)cc1. The van der Waals surface area contributed by atoms with Crippen LogP contribution in [0.15, 0.2) is 60.7 Å². The van der Waals surface area contributed by atoms with E-state index in [0.29, 0.717) is 5.70 Å². The predicted molar refractivity (Wildman–Crippen MR) is 86.4 cm³/mol. The van der Waals surface area contributed by atoms with Gasteiger partial charge in [0.1, 0.15) is 12.4 Å². The van der Waals surface area contributed by atoms with Crippen LogP contribution in [-0.4, -0.2) is 13.2 Å². The van der Waals surface area contributed by atoms with Crippen LogP contribution in [0.5, 0.6) is 5.75 Å². The summed E-state index contributed by atoms with van der Waals surface area (Å²) < 4.78 is 10.3. The molecule has 114 valence electrons.